The van der Waals surface area contributed by atoms with E-state index in [-0.39, 0.29) is 5.91 Å². The number of para-hydroxylation sites is 1. The molecule has 4 nitrogen and oxygen atoms in total. The molecule has 0 spiro atoms. The van der Waals surface area contributed by atoms with Gasteiger partial charge in [-0.25, -0.2) is 4.98 Å². The fourth-order valence-corrected chi connectivity index (χ4v) is 4.39. The Morgan fingerprint density at radius 3 is 2.51 bits per heavy atom. The molecule has 0 saturated heterocycles. The maximum absolute atomic E-state index is 12.3. The average Bonchev–Trinajstić information content (AvgIpc) is 2.90. The van der Waals surface area contributed by atoms with Crippen molar-refractivity contribution in [2.45, 2.75) is 45.6 Å². The van der Waals surface area contributed by atoms with Crippen molar-refractivity contribution in [2.24, 2.45) is 5.92 Å². The molecule has 35 heavy (non-hydrogen) atoms. The summed E-state index contributed by atoms with van der Waals surface area (Å²) in [5, 5.41) is 14.8. The zero-order chi connectivity index (χ0) is 24.8. The summed E-state index contributed by atoms with van der Waals surface area (Å²) in [6, 6.07) is 18.4. The second-order valence-electron chi connectivity index (χ2n) is 9.56. The lowest BCUT2D eigenvalue weighted by Crippen LogP contribution is -2.29. The Balaban J connectivity index is 1.57. The van der Waals surface area contributed by atoms with E-state index < -0.39 is 6.10 Å². The first-order valence-electron chi connectivity index (χ1n) is 12.4. The molecule has 0 bridgehead atoms. The Morgan fingerprint density at radius 1 is 1.09 bits per heavy atom. The van der Waals surface area contributed by atoms with Gasteiger partial charge in [0.1, 0.15) is 0 Å². The van der Waals surface area contributed by atoms with Gasteiger partial charge in [-0.2, -0.15) is 0 Å². The summed E-state index contributed by atoms with van der Waals surface area (Å²) in [5.41, 5.74) is 6.86. The Kier molecular flexibility index (Phi) is 7.94. The molecule has 0 aliphatic heterocycles. The second kappa shape index (κ2) is 11.3. The Morgan fingerprint density at radius 2 is 1.83 bits per heavy atom. The Bertz CT molecular complexity index is 1270. The molecule has 1 aromatic heterocycles. The summed E-state index contributed by atoms with van der Waals surface area (Å²) in [6.07, 6.45) is 8.26. The quantitative estimate of drug-likeness (QED) is 0.342. The molecule has 4 rings (SSSR count). The van der Waals surface area contributed by atoms with E-state index in [2.05, 4.69) is 56.1 Å². The van der Waals surface area contributed by atoms with Crippen molar-refractivity contribution in [3.63, 3.8) is 0 Å². The van der Waals surface area contributed by atoms with Gasteiger partial charge in [-0.3, -0.25) is 4.79 Å². The van der Waals surface area contributed by atoms with Crippen LogP contribution in [0.4, 0.5) is 0 Å². The number of amides is 1. The Hall–Kier alpha value is -3.50. The number of nitrogens with zero attached hydrogens (tertiary/aromatic N) is 1. The number of fused-ring (bicyclic) bond motifs is 1. The molecular formula is C31H34N2O2. The van der Waals surface area contributed by atoms with Crippen LogP contribution in [0.15, 0.2) is 85.0 Å². The van der Waals surface area contributed by atoms with Gasteiger partial charge in [0.25, 0.3) is 0 Å². The molecule has 2 aromatic carbocycles. The van der Waals surface area contributed by atoms with Crippen molar-refractivity contribution in [1.82, 2.24) is 10.3 Å². The van der Waals surface area contributed by atoms with E-state index in [1.165, 1.54) is 5.57 Å². The molecule has 1 unspecified atom stereocenters. The van der Waals surface area contributed by atoms with Crippen LogP contribution in [0.5, 0.6) is 0 Å². The average molecular weight is 467 g/mol. The third-order valence-electron chi connectivity index (χ3n) is 6.41. The molecule has 1 amide bonds. The van der Waals surface area contributed by atoms with E-state index in [0.717, 1.165) is 58.1 Å². The molecule has 0 fully saturated rings. The topological polar surface area (TPSA) is 62.2 Å². The molecule has 2 N–H and O–H groups in total. The first-order chi connectivity index (χ1) is 17.0. The van der Waals surface area contributed by atoms with E-state index >= 15 is 0 Å². The van der Waals surface area contributed by atoms with Crippen molar-refractivity contribution in [3.8, 4) is 11.3 Å². The van der Waals surface area contributed by atoms with E-state index in [0.29, 0.717) is 18.9 Å². The minimum atomic E-state index is -0.565. The molecule has 1 aliphatic rings. The number of hydrogen-bond acceptors (Lipinski definition) is 3. The molecule has 1 atom stereocenters. The summed E-state index contributed by atoms with van der Waals surface area (Å²) in [4.78, 5) is 17.2. The third kappa shape index (κ3) is 5.95. The number of pyridine rings is 1. The lowest BCUT2D eigenvalue weighted by atomic mass is 9.92. The molecule has 4 heteroatoms. The number of carbonyl (C=O) groups excluding carboxylic acids is 1. The predicted molar refractivity (Wildman–Crippen MR) is 145 cm³/mol. The highest BCUT2D eigenvalue weighted by Gasteiger charge is 2.16. The number of nitrogens with one attached hydrogen (secondary N) is 1. The van der Waals surface area contributed by atoms with Crippen LogP contribution in [-0.2, 0) is 4.79 Å². The van der Waals surface area contributed by atoms with Gasteiger partial charge in [0.2, 0.25) is 5.91 Å². The number of carbonyl (C=O) groups is 1. The molecule has 0 radical (unpaired) electrons. The number of allylic oxidation sites excluding steroid dienone is 4. The van der Waals surface area contributed by atoms with Crippen LogP contribution < -0.4 is 5.32 Å². The van der Waals surface area contributed by atoms with Crippen LogP contribution in [0.25, 0.3) is 27.7 Å². The van der Waals surface area contributed by atoms with Crippen LogP contribution in [0, 0.1) is 5.92 Å². The molecule has 3 aromatic rings. The zero-order valence-corrected chi connectivity index (χ0v) is 20.6. The van der Waals surface area contributed by atoms with Gasteiger partial charge < -0.3 is 10.4 Å². The van der Waals surface area contributed by atoms with E-state index in [4.69, 9.17) is 4.98 Å². The number of aromatic nitrogens is 1. The molecule has 0 saturated carbocycles. The van der Waals surface area contributed by atoms with Crippen molar-refractivity contribution in [2.75, 3.05) is 6.54 Å². The van der Waals surface area contributed by atoms with Crippen LogP contribution in [-0.4, -0.2) is 22.5 Å². The molecular weight excluding hydrogens is 432 g/mol. The van der Waals surface area contributed by atoms with Crippen LogP contribution >= 0.6 is 0 Å². The van der Waals surface area contributed by atoms with Gasteiger partial charge in [0.05, 0.1) is 17.3 Å². The number of benzene rings is 2. The predicted octanol–water partition coefficient (Wildman–Crippen LogP) is 6.78. The van der Waals surface area contributed by atoms with E-state index in [1.807, 2.05) is 42.5 Å². The first-order valence-corrected chi connectivity index (χ1v) is 12.4. The van der Waals surface area contributed by atoms with Crippen LogP contribution in [0.1, 0.15) is 56.8 Å². The van der Waals surface area contributed by atoms with Crippen LogP contribution in [0.2, 0.25) is 0 Å². The highest BCUT2D eigenvalue weighted by molar-refractivity contribution is 5.95. The fourth-order valence-electron chi connectivity index (χ4n) is 4.39. The highest BCUT2D eigenvalue weighted by atomic mass is 16.3. The minimum Gasteiger partial charge on any atom is -0.388 e. The third-order valence-corrected chi connectivity index (χ3v) is 6.41. The summed E-state index contributed by atoms with van der Waals surface area (Å²) in [5.74, 6) is 0.481. The van der Waals surface area contributed by atoms with Gasteiger partial charge in [-0.1, -0.05) is 74.5 Å². The summed E-state index contributed by atoms with van der Waals surface area (Å²) >= 11 is 0. The zero-order valence-electron chi connectivity index (χ0n) is 20.6. The van der Waals surface area contributed by atoms with Gasteiger partial charge >= 0.3 is 0 Å². The van der Waals surface area contributed by atoms with Gasteiger partial charge in [-0.05, 0) is 60.4 Å². The highest BCUT2D eigenvalue weighted by Crippen LogP contribution is 2.32. The second-order valence-corrected chi connectivity index (χ2v) is 9.56. The summed E-state index contributed by atoms with van der Waals surface area (Å²) in [6.45, 7) is 8.66. The molecule has 1 heterocycles. The fraction of sp³-hybridized carbons (Fsp3) is 0.290. The summed E-state index contributed by atoms with van der Waals surface area (Å²) < 4.78 is 0. The normalized spacial score (nSPS) is 14.4. The number of aliphatic hydroxyl groups excluding tert-OH is 1. The van der Waals surface area contributed by atoms with Crippen molar-refractivity contribution in [3.05, 3.63) is 96.1 Å². The maximum Gasteiger partial charge on any atom is 0.247 e. The minimum absolute atomic E-state index is 0.0396. The monoisotopic (exact) mass is 466 g/mol. The smallest absolute Gasteiger partial charge is 0.247 e. The van der Waals surface area contributed by atoms with Crippen LogP contribution in [0.3, 0.4) is 0 Å². The van der Waals surface area contributed by atoms with Gasteiger partial charge in [0, 0.05) is 23.1 Å². The standard InChI is InChI=1S/C31H34N2O2/c1-4-5-10-30(34)27-19-29(33-28-9-7-6-8-26(27)28)24-15-11-22(12-16-24)23-13-17-25(18-14-23)31(35)32-20-21(2)3/h4,6-9,11-13,15-17,19,21,30,34H,1,5,10,14,18,20H2,2-3H3,(H,32,35). The summed E-state index contributed by atoms with van der Waals surface area (Å²) in [7, 11) is 0. The SMILES string of the molecule is C=CCCC(O)c1cc(-c2ccc(C3=CC=C(C(=O)NCC(C)C)CC3)cc2)nc2ccccc12. The van der Waals surface area contributed by atoms with Crippen molar-refractivity contribution in [1.29, 1.82) is 0 Å². The van der Waals surface area contributed by atoms with Crippen molar-refractivity contribution < 1.29 is 9.90 Å². The van der Waals surface area contributed by atoms with Crippen molar-refractivity contribution >= 4 is 22.4 Å². The molecule has 180 valence electrons. The number of aliphatic hydroxyl groups is 1. The Labute approximate surface area is 208 Å². The largest absolute Gasteiger partial charge is 0.388 e. The maximum atomic E-state index is 12.3. The lowest BCUT2D eigenvalue weighted by Gasteiger charge is -2.17. The molecule has 1 aliphatic carbocycles. The number of hydrogen-bond donors (Lipinski definition) is 2. The van der Waals surface area contributed by atoms with E-state index in [9.17, 15) is 9.90 Å². The first kappa shape index (κ1) is 24.6. The lowest BCUT2D eigenvalue weighted by molar-refractivity contribution is -0.117. The number of rotatable bonds is 9. The van der Waals surface area contributed by atoms with Gasteiger partial charge in [-0.15, -0.1) is 6.58 Å². The van der Waals surface area contributed by atoms with Gasteiger partial charge in [0.15, 0.2) is 0 Å². The van der Waals surface area contributed by atoms with E-state index in [1.54, 1.807) is 0 Å².